The topological polar surface area (TPSA) is 57.7 Å². The molecule has 1 aliphatic rings. The predicted octanol–water partition coefficient (Wildman–Crippen LogP) is 3.65. The van der Waals surface area contributed by atoms with E-state index in [4.69, 9.17) is 0 Å². The molecular formula is C18H21N5. The van der Waals surface area contributed by atoms with Gasteiger partial charge in [0.1, 0.15) is 12.0 Å². The zero-order chi connectivity index (χ0) is 15.6. The maximum absolute atomic E-state index is 4.50. The summed E-state index contributed by atoms with van der Waals surface area (Å²) in [7, 11) is 0. The standard InChI is InChI=1S/C18H21N5/c1-2-13-4-3-7-23(11-13)16-5-6-21-18-17(16)15(10-22-18)14-8-19-12-20-9-14/h5-6,8-10,12-13H,2-4,7,11H2,1H3,(H,21,22)/t13-/m1/s1. The van der Waals surface area contributed by atoms with E-state index in [0.29, 0.717) is 0 Å². The third-order valence-corrected chi connectivity index (χ3v) is 4.86. The molecular weight excluding hydrogens is 286 g/mol. The lowest BCUT2D eigenvalue weighted by molar-refractivity contribution is 0.405. The maximum atomic E-state index is 4.50. The largest absolute Gasteiger partial charge is 0.371 e. The molecule has 3 aromatic rings. The van der Waals surface area contributed by atoms with Crippen LogP contribution in [0, 0.1) is 5.92 Å². The molecule has 5 heteroatoms. The number of H-pyrrole nitrogens is 1. The van der Waals surface area contributed by atoms with Gasteiger partial charge in [0.15, 0.2) is 0 Å². The number of pyridine rings is 1. The van der Waals surface area contributed by atoms with Crippen LogP contribution in [-0.2, 0) is 0 Å². The molecule has 3 aromatic heterocycles. The number of nitrogens with one attached hydrogen (secondary N) is 1. The smallest absolute Gasteiger partial charge is 0.139 e. The van der Waals surface area contributed by atoms with E-state index in [1.807, 2.05) is 24.8 Å². The number of hydrogen-bond acceptors (Lipinski definition) is 4. The van der Waals surface area contributed by atoms with Crippen molar-refractivity contribution in [1.29, 1.82) is 0 Å². The van der Waals surface area contributed by atoms with E-state index in [1.165, 1.54) is 30.3 Å². The van der Waals surface area contributed by atoms with E-state index in [9.17, 15) is 0 Å². The molecule has 4 rings (SSSR count). The number of piperidine rings is 1. The van der Waals surface area contributed by atoms with Gasteiger partial charge in [0.2, 0.25) is 0 Å². The Balaban J connectivity index is 1.82. The molecule has 5 nitrogen and oxygen atoms in total. The fourth-order valence-electron chi connectivity index (χ4n) is 3.59. The SMILES string of the molecule is CC[C@@H]1CCCN(c2ccnc3[nH]cc(-c4cncnc4)c23)C1. The highest BCUT2D eigenvalue weighted by Gasteiger charge is 2.22. The number of aromatic nitrogens is 4. The first-order valence-corrected chi connectivity index (χ1v) is 8.33. The zero-order valence-electron chi connectivity index (χ0n) is 13.4. The summed E-state index contributed by atoms with van der Waals surface area (Å²) in [6.07, 6.45) is 13.0. The molecule has 0 amide bonds. The minimum absolute atomic E-state index is 0.786. The Morgan fingerprint density at radius 3 is 3.00 bits per heavy atom. The fraction of sp³-hybridized carbons (Fsp3) is 0.389. The third-order valence-electron chi connectivity index (χ3n) is 4.86. The summed E-state index contributed by atoms with van der Waals surface area (Å²) in [6.45, 7) is 4.54. The van der Waals surface area contributed by atoms with Crippen molar-refractivity contribution in [3.8, 4) is 11.1 Å². The van der Waals surface area contributed by atoms with Gasteiger partial charge in [-0.2, -0.15) is 0 Å². The summed E-state index contributed by atoms with van der Waals surface area (Å²) in [6, 6.07) is 2.14. The molecule has 0 radical (unpaired) electrons. The van der Waals surface area contributed by atoms with Crippen molar-refractivity contribution >= 4 is 16.7 Å². The summed E-state index contributed by atoms with van der Waals surface area (Å²) in [5, 5.41) is 1.18. The lowest BCUT2D eigenvalue weighted by atomic mass is 9.95. The minimum Gasteiger partial charge on any atom is -0.371 e. The second-order valence-electron chi connectivity index (χ2n) is 6.25. The molecule has 0 aromatic carbocycles. The van der Waals surface area contributed by atoms with Gasteiger partial charge in [0, 0.05) is 60.1 Å². The van der Waals surface area contributed by atoms with Gasteiger partial charge >= 0.3 is 0 Å². The van der Waals surface area contributed by atoms with E-state index in [2.05, 4.69) is 37.8 Å². The Morgan fingerprint density at radius 2 is 2.17 bits per heavy atom. The molecule has 0 bridgehead atoms. The molecule has 1 N–H and O–H groups in total. The van der Waals surface area contributed by atoms with Gasteiger partial charge in [-0.15, -0.1) is 0 Å². The second-order valence-corrected chi connectivity index (χ2v) is 6.25. The predicted molar refractivity (Wildman–Crippen MR) is 92.3 cm³/mol. The van der Waals surface area contributed by atoms with Crippen LogP contribution in [0.4, 0.5) is 5.69 Å². The van der Waals surface area contributed by atoms with Crippen LogP contribution in [-0.4, -0.2) is 33.0 Å². The highest BCUT2D eigenvalue weighted by molar-refractivity contribution is 6.02. The summed E-state index contributed by atoms with van der Waals surface area (Å²) in [5.74, 6) is 0.786. The first-order valence-electron chi connectivity index (χ1n) is 8.33. The van der Waals surface area contributed by atoms with Crippen LogP contribution in [0.2, 0.25) is 0 Å². The van der Waals surface area contributed by atoms with Gasteiger partial charge in [-0.1, -0.05) is 13.3 Å². The van der Waals surface area contributed by atoms with E-state index < -0.39 is 0 Å². The average molecular weight is 307 g/mol. The lowest BCUT2D eigenvalue weighted by Gasteiger charge is -2.34. The van der Waals surface area contributed by atoms with Crippen molar-refractivity contribution in [2.45, 2.75) is 26.2 Å². The first-order chi connectivity index (χ1) is 11.4. The molecule has 1 saturated heterocycles. The Bertz CT molecular complexity index is 796. The molecule has 0 aliphatic carbocycles. The Labute approximate surface area is 135 Å². The zero-order valence-corrected chi connectivity index (χ0v) is 13.4. The van der Waals surface area contributed by atoms with E-state index in [0.717, 1.165) is 35.8 Å². The molecule has 1 aliphatic heterocycles. The highest BCUT2D eigenvalue weighted by Crippen LogP contribution is 2.36. The number of aromatic amines is 1. The van der Waals surface area contributed by atoms with Gasteiger partial charge in [0.25, 0.3) is 0 Å². The lowest BCUT2D eigenvalue weighted by Crippen LogP contribution is -2.35. The fourth-order valence-corrected chi connectivity index (χ4v) is 3.59. The molecule has 23 heavy (non-hydrogen) atoms. The van der Waals surface area contributed by atoms with Gasteiger partial charge < -0.3 is 9.88 Å². The summed E-state index contributed by atoms with van der Waals surface area (Å²) >= 11 is 0. The van der Waals surface area contributed by atoms with Crippen LogP contribution >= 0.6 is 0 Å². The van der Waals surface area contributed by atoms with Crippen LogP contribution in [0.5, 0.6) is 0 Å². The van der Waals surface area contributed by atoms with E-state index >= 15 is 0 Å². The molecule has 4 heterocycles. The normalized spacial score (nSPS) is 18.5. The van der Waals surface area contributed by atoms with E-state index in [1.54, 1.807) is 6.33 Å². The van der Waals surface area contributed by atoms with Crippen LogP contribution in [0.25, 0.3) is 22.2 Å². The van der Waals surface area contributed by atoms with Crippen molar-refractivity contribution in [2.75, 3.05) is 18.0 Å². The summed E-state index contributed by atoms with van der Waals surface area (Å²) in [5.41, 5.74) is 4.35. The van der Waals surface area contributed by atoms with E-state index in [-0.39, 0.29) is 0 Å². The van der Waals surface area contributed by atoms with Crippen molar-refractivity contribution in [3.63, 3.8) is 0 Å². The van der Waals surface area contributed by atoms with Crippen LogP contribution in [0.1, 0.15) is 26.2 Å². The van der Waals surface area contributed by atoms with Gasteiger partial charge in [-0.3, -0.25) is 0 Å². The molecule has 0 spiro atoms. The quantitative estimate of drug-likeness (QED) is 0.802. The number of anilines is 1. The van der Waals surface area contributed by atoms with Gasteiger partial charge in [-0.25, -0.2) is 15.0 Å². The number of rotatable bonds is 3. The Morgan fingerprint density at radius 1 is 1.30 bits per heavy atom. The average Bonchev–Trinajstić information content (AvgIpc) is 3.06. The first kappa shape index (κ1) is 14.2. The second kappa shape index (κ2) is 5.99. The maximum Gasteiger partial charge on any atom is 0.139 e. The third kappa shape index (κ3) is 2.56. The summed E-state index contributed by atoms with van der Waals surface area (Å²) < 4.78 is 0. The molecule has 0 unspecified atom stereocenters. The Hall–Kier alpha value is -2.43. The van der Waals surface area contributed by atoms with Crippen molar-refractivity contribution in [3.05, 3.63) is 37.2 Å². The number of fused-ring (bicyclic) bond motifs is 1. The highest BCUT2D eigenvalue weighted by atomic mass is 15.1. The number of nitrogens with zero attached hydrogens (tertiary/aromatic N) is 4. The molecule has 0 saturated carbocycles. The minimum atomic E-state index is 0.786. The van der Waals surface area contributed by atoms with Crippen molar-refractivity contribution in [1.82, 2.24) is 19.9 Å². The van der Waals surface area contributed by atoms with Crippen LogP contribution in [0.15, 0.2) is 37.2 Å². The summed E-state index contributed by atoms with van der Waals surface area (Å²) in [4.78, 5) is 18.6. The van der Waals surface area contributed by atoms with Crippen LogP contribution < -0.4 is 4.90 Å². The monoisotopic (exact) mass is 307 g/mol. The molecule has 1 atom stereocenters. The van der Waals surface area contributed by atoms with Gasteiger partial charge in [0.05, 0.1) is 0 Å². The molecule has 118 valence electrons. The Kier molecular flexibility index (Phi) is 3.69. The van der Waals surface area contributed by atoms with Crippen molar-refractivity contribution < 1.29 is 0 Å². The van der Waals surface area contributed by atoms with Gasteiger partial charge in [-0.05, 0) is 24.8 Å². The molecule has 1 fully saturated rings. The van der Waals surface area contributed by atoms with Crippen molar-refractivity contribution in [2.24, 2.45) is 5.92 Å². The number of hydrogen-bond donors (Lipinski definition) is 1. The van der Waals surface area contributed by atoms with Crippen LogP contribution in [0.3, 0.4) is 0 Å².